The standard InChI is InChI=1S/C13H17N3O3S/c1-14-20(17,18)13-5-4-12(19-13)10-16-8-6-11-3-2-7-15-9-11/h2-5,7,9,14,16H,6,8,10H2,1H3. The van der Waals surface area contributed by atoms with E-state index in [0.29, 0.717) is 12.3 Å². The van der Waals surface area contributed by atoms with Gasteiger partial charge in [-0.3, -0.25) is 4.98 Å². The van der Waals surface area contributed by atoms with Crippen LogP contribution in [0.15, 0.2) is 46.2 Å². The van der Waals surface area contributed by atoms with E-state index in [-0.39, 0.29) is 5.09 Å². The molecule has 20 heavy (non-hydrogen) atoms. The molecular formula is C13H17N3O3S. The number of pyridine rings is 1. The second-order valence-electron chi connectivity index (χ2n) is 4.22. The van der Waals surface area contributed by atoms with Gasteiger partial charge in [0, 0.05) is 12.4 Å². The lowest BCUT2D eigenvalue weighted by atomic mass is 10.2. The molecule has 0 spiro atoms. The molecule has 7 heteroatoms. The van der Waals surface area contributed by atoms with Gasteiger partial charge in [-0.2, -0.15) is 0 Å². The molecule has 0 saturated carbocycles. The van der Waals surface area contributed by atoms with Crippen LogP contribution in [-0.4, -0.2) is 27.0 Å². The van der Waals surface area contributed by atoms with Gasteiger partial charge >= 0.3 is 0 Å². The van der Waals surface area contributed by atoms with E-state index in [2.05, 4.69) is 15.0 Å². The molecule has 2 rings (SSSR count). The Morgan fingerprint density at radius 3 is 2.85 bits per heavy atom. The summed E-state index contributed by atoms with van der Waals surface area (Å²) in [4.78, 5) is 4.04. The van der Waals surface area contributed by atoms with Gasteiger partial charge in [-0.1, -0.05) is 6.07 Å². The maximum Gasteiger partial charge on any atom is 0.273 e. The first-order valence-electron chi connectivity index (χ1n) is 6.24. The number of aromatic nitrogens is 1. The lowest BCUT2D eigenvalue weighted by Crippen LogP contribution is -2.18. The van der Waals surface area contributed by atoms with Gasteiger partial charge in [0.05, 0.1) is 6.54 Å². The summed E-state index contributed by atoms with van der Waals surface area (Å²) in [5.74, 6) is 0.588. The Morgan fingerprint density at radius 1 is 1.30 bits per heavy atom. The van der Waals surface area contributed by atoms with E-state index in [4.69, 9.17) is 4.42 Å². The molecule has 0 saturated heterocycles. The Labute approximate surface area is 118 Å². The maximum atomic E-state index is 11.5. The Kier molecular flexibility index (Phi) is 4.89. The highest BCUT2D eigenvalue weighted by Crippen LogP contribution is 2.13. The summed E-state index contributed by atoms with van der Waals surface area (Å²) in [5, 5.41) is 3.13. The van der Waals surface area contributed by atoms with E-state index < -0.39 is 10.0 Å². The van der Waals surface area contributed by atoms with Crippen LogP contribution >= 0.6 is 0 Å². The Hall–Kier alpha value is -1.70. The van der Waals surface area contributed by atoms with Gasteiger partial charge in [-0.05, 0) is 43.8 Å². The van der Waals surface area contributed by atoms with Crippen molar-refractivity contribution in [2.45, 2.75) is 18.1 Å². The molecule has 108 valence electrons. The Balaban J connectivity index is 1.81. The van der Waals surface area contributed by atoms with Gasteiger partial charge in [0.2, 0.25) is 5.09 Å². The van der Waals surface area contributed by atoms with E-state index in [9.17, 15) is 8.42 Å². The van der Waals surface area contributed by atoms with Crippen molar-refractivity contribution in [1.82, 2.24) is 15.0 Å². The molecule has 0 aliphatic rings. The summed E-state index contributed by atoms with van der Waals surface area (Å²) < 4.78 is 30.5. The average Bonchev–Trinajstić information content (AvgIpc) is 2.94. The van der Waals surface area contributed by atoms with Gasteiger partial charge in [0.25, 0.3) is 10.0 Å². The minimum atomic E-state index is -3.50. The Bertz CT molecular complexity index is 638. The molecule has 2 aromatic heterocycles. The fraction of sp³-hybridized carbons (Fsp3) is 0.308. The summed E-state index contributed by atoms with van der Waals surface area (Å²) in [6, 6.07) is 7.02. The zero-order valence-electron chi connectivity index (χ0n) is 11.2. The first kappa shape index (κ1) is 14.7. The highest BCUT2D eigenvalue weighted by molar-refractivity contribution is 7.89. The van der Waals surface area contributed by atoms with Crippen LogP contribution in [0.1, 0.15) is 11.3 Å². The normalized spacial score (nSPS) is 11.7. The van der Waals surface area contributed by atoms with Crippen LogP contribution in [0.2, 0.25) is 0 Å². The fourth-order valence-electron chi connectivity index (χ4n) is 1.69. The third-order valence-corrected chi connectivity index (χ3v) is 4.07. The van der Waals surface area contributed by atoms with Crippen LogP contribution in [0.4, 0.5) is 0 Å². The van der Waals surface area contributed by atoms with E-state index in [1.165, 1.54) is 13.1 Å². The molecule has 0 aliphatic carbocycles. The fourth-order valence-corrected chi connectivity index (χ4v) is 2.35. The molecule has 0 amide bonds. The zero-order chi connectivity index (χ0) is 14.4. The Morgan fingerprint density at radius 2 is 2.15 bits per heavy atom. The van der Waals surface area contributed by atoms with Crippen LogP contribution in [-0.2, 0) is 23.0 Å². The summed E-state index contributed by atoms with van der Waals surface area (Å²) >= 11 is 0. The van der Waals surface area contributed by atoms with Crippen LogP contribution in [0.3, 0.4) is 0 Å². The van der Waals surface area contributed by atoms with Crippen molar-refractivity contribution in [3.05, 3.63) is 48.0 Å². The first-order chi connectivity index (χ1) is 9.62. The van der Waals surface area contributed by atoms with Crippen molar-refractivity contribution in [2.24, 2.45) is 0 Å². The number of furan rings is 1. The molecule has 6 nitrogen and oxygen atoms in total. The topological polar surface area (TPSA) is 84.2 Å². The third-order valence-electron chi connectivity index (χ3n) is 2.78. The second-order valence-corrected chi connectivity index (χ2v) is 6.03. The first-order valence-corrected chi connectivity index (χ1v) is 7.72. The van der Waals surface area contributed by atoms with Crippen molar-refractivity contribution in [1.29, 1.82) is 0 Å². The van der Waals surface area contributed by atoms with Gasteiger partial charge in [-0.25, -0.2) is 13.1 Å². The molecule has 0 fully saturated rings. The average molecular weight is 295 g/mol. The molecule has 0 unspecified atom stereocenters. The van der Waals surface area contributed by atoms with E-state index in [0.717, 1.165) is 18.5 Å². The van der Waals surface area contributed by atoms with Crippen molar-refractivity contribution in [2.75, 3.05) is 13.6 Å². The summed E-state index contributed by atoms with van der Waals surface area (Å²) in [5.41, 5.74) is 1.15. The molecule has 0 aliphatic heterocycles. The number of hydrogen-bond acceptors (Lipinski definition) is 5. The van der Waals surface area contributed by atoms with Gasteiger partial charge in [-0.15, -0.1) is 0 Å². The van der Waals surface area contributed by atoms with E-state index >= 15 is 0 Å². The minimum Gasteiger partial charge on any atom is -0.447 e. The number of rotatable bonds is 7. The maximum absolute atomic E-state index is 11.5. The molecule has 0 radical (unpaired) electrons. The molecule has 0 bridgehead atoms. The molecule has 0 aromatic carbocycles. The smallest absolute Gasteiger partial charge is 0.273 e. The highest BCUT2D eigenvalue weighted by atomic mass is 32.2. The summed E-state index contributed by atoms with van der Waals surface area (Å²) in [7, 11) is -2.15. The molecule has 2 heterocycles. The van der Waals surface area contributed by atoms with Crippen LogP contribution in [0.5, 0.6) is 0 Å². The molecule has 0 atom stereocenters. The third kappa shape index (κ3) is 3.89. The number of sulfonamides is 1. The molecular weight excluding hydrogens is 278 g/mol. The number of nitrogens with zero attached hydrogens (tertiary/aromatic N) is 1. The predicted octanol–water partition coefficient (Wildman–Crippen LogP) is 0.915. The number of nitrogens with one attached hydrogen (secondary N) is 2. The SMILES string of the molecule is CNS(=O)(=O)c1ccc(CNCCc2cccnc2)o1. The van der Waals surface area contributed by atoms with Crippen LogP contribution in [0.25, 0.3) is 0 Å². The minimum absolute atomic E-state index is 0.0657. The predicted molar refractivity (Wildman–Crippen MR) is 74.6 cm³/mol. The quantitative estimate of drug-likeness (QED) is 0.742. The van der Waals surface area contributed by atoms with Gasteiger partial charge < -0.3 is 9.73 Å². The molecule has 2 aromatic rings. The van der Waals surface area contributed by atoms with Crippen molar-refractivity contribution >= 4 is 10.0 Å². The van der Waals surface area contributed by atoms with E-state index in [1.54, 1.807) is 12.3 Å². The van der Waals surface area contributed by atoms with Crippen LogP contribution < -0.4 is 10.0 Å². The van der Waals surface area contributed by atoms with Gasteiger partial charge in [0.1, 0.15) is 5.76 Å². The zero-order valence-corrected chi connectivity index (χ0v) is 12.0. The lowest BCUT2D eigenvalue weighted by molar-refractivity contribution is 0.401. The monoisotopic (exact) mass is 295 g/mol. The van der Waals surface area contributed by atoms with Crippen LogP contribution in [0, 0.1) is 0 Å². The second kappa shape index (κ2) is 6.65. The number of hydrogen-bond donors (Lipinski definition) is 2. The van der Waals surface area contributed by atoms with Gasteiger partial charge in [0.15, 0.2) is 0 Å². The van der Waals surface area contributed by atoms with Crippen molar-refractivity contribution in [3.8, 4) is 0 Å². The lowest BCUT2D eigenvalue weighted by Gasteiger charge is -2.03. The summed E-state index contributed by atoms with van der Waals surface area (Å²) in [6.07, 6.45) is 4.42. The largest absolute Gasteiger partial charge is 0.447 e. The van der Waals surface area contributed by atoms with Crippen molar-refractivity contribution in [3.63, 3.8) is 0 Å². The van der Waals surface area contributed by atoms with E-state index in [1.807, 2.05) is 18.3 Å². The highest BCUT2D eigenvalue weighted by Gasteiger charge is 2.15. The molecule has 2 N–H and O–H groups in total. The summed E-state index contributed by atoms with van der Waals surface area (Å²) in [6.45, 7) is 1.25. The van der Waals surface area contributed by atoms with Crippen molar-refractivity contribution < 1.29 is 12.8 Å².